The largest absolute Gasteiger partial charge is 0.494 e. The first-order chi connectivity index (χ1) is 13.5. The molecular weight excluding hydrogens is 348 g/mol. The number of anilines is 1. The number of hydrogen-bond donors (Lipinski definition) is 0. The molecule has 0 N–H and O–H groups in total. The fourth-order valence-corrected chi connectivity index (χ4v) is 4.82. The summed E-state index contributed by atoms with van der Waals surface area (Å²) in [7, 11) is 0. The van der Waals surface area contributed by atoms with E-state index in [0.717, 1.165) is 25.3 Å². The molecule has 2 atom stereocenters. The van der Waals surface area contributed by atoms with Crippen molar-refractivity contribution in [2.24, 2.45) is 11.3 Å². The van der Waals surface area contributed by atoms with Gasteiger partial charge in [-0.2, -0.15) is 0 Å². The number of ether oxygens (including phenoxy) is 1. The van der Waals surface area contributed by atoms with Gasteiger partial charge in [0.25, 0.3) is 0 Å². The second-order valence-corrected chi connectivity index (χ2v) is 8.69. The van der Waals surface area contributed by atoms with Crippen LogP contribution in [0, 0.1) is 11.3 Å². The quantitative estimate of drug-likeness (QED) is 0.775. The topological polar surface area (TPSA) is 32.8 Å². The van der Waals surface area contributed by atoms with E-state index in [2.05, 4.69) is 47.9 Å². The van der Waals surface area contributed by atoms with Crippen LogP contribution in [0.1, 0.15) is 32.8 Å². The minimum atomic E-state index is 0.0454. The summed E-state index contributed by atoms with van der Waals surface area (Å²) in [6.45, 7) is 9.55. The molecule has 3 aliphatic rings. The van der Waals surface area contributed by atoms with Gasteiger partial charge >= 0.3 is 0 Å². The van der Waals surface area contributed by atoms with Crippen LogP contribution >= 0.6 is 0 Å². The molecule has 0 unspecified atom stereocenters. The predicted molar refractivity (Wildman–Crippen MR) is 112 cm³/mol. The highest BCUT2D eigenvalue weighted by molar-refractivity contribution is 5.81. The monoisotopic (exact) mass is 378 g/mol. The summed E-state index contributed by atoms with van der Waals surface area (Å²) >= 11 is 0. The Morgan fingerprint density at radius 3 is 2.43 bits per heavy atom. The first kappa shape index (κ1) is 18.9. The molecule has 0 radical (unpaired) electrons. The van der Waals surface area contributed by atoms with E-state index in [1.165, 1.54) is 11.3 Å². The molecule has 4 nitrogen and oxygen atoms in total. The van der Waals surface area contributed by atoms with Gasteiger partial charge in [0.1, 0.15) is 5.75 Å². The molecule has 4 heteroatoms. The average molecular weight is 379 g/mol. The van der Waals surface area contributed by atoms with Crippen molar-refractivity contribution in [3.63, 3.8) is 0 Å². The van der Waals surface area contributed by atoms with Gasteiger partial charge in [-0.25, -0.2) is 0 Å². The smallest absolute Gasteiger partial charge is 0.227 e. The first-order valence-electron chi connectivity index (χ1n) is 10.3. The molecule has 1 amide bonds. The van der Waals surface area contributed by atoms with Crippen molar-refractivity contribution in [1.82, 2.24) is 4.90 Å². The lowest BCUT2D eigenvalue weighted by atomic mass is 9.73. The van der Waals surface area contributed by atoms with E-state index in [9.17, 15) is 4.79 Å². The molecule has 5 rings (SSSR count). The van der Waals surface area contributed by atoms with Gasteiger partial charge in [-0.1, -0.05) is 44.2 Å². The molecule has 2 aromatic rings. The lowest BCUT2D eigenvalue weighted by Crippen LogP contribution is -2.53. The van der Waals surface area contributed by atoms with Crippen LogP contribution in [0.4, 0.5) is 5.69 Å². The van der Waals surface area contributed by atoms with Gasteiger partial charge in [-0.3, -0.25) is 4.79 Å². The van der Waals surface area contributed by atoms with Crippen molar-refractivity contribution in [2.75, 3.05) is 24.6 Å². The number of carbonyl (C=O) groups excluding carboxylic acids is 1. The first-order valence-corrected chi connectivity index (χ1v) is 10.3. The van der Waals surface area contributed by atoms with Crippen molar-refractivity contribution >= 4 is 11.6 Å². The lowest BCUT2D eigenvalue weighted by Gasteiger charge is -2.47. The minimum absolute atomic E-state index is 0.0454. The molecule has 3 saturated heterocycles. The van der Waals surface area contributed by atoms with Crippen molar-refractivity contribution in [1.29, 1.82) is 0 Å². The number of benzene rings is 2. The fourth-order valence-electron chi connectivity index (χ4n) is 4.82. The molecule has 28 heavy (non-hydrogen) atoms. The lowest BCUT2D eigenvalue weighted by molar-refractivity contribution is -0.134. The third-order valence-corrected chi connectivity index (χ3v) is 6.22. The Morgan fingerprint density at radius 1 is 1.04 bits per heavy atom. The molecule has 3 aliphatic heterocycles. The summed E-state index contributed by atoms with van der Waals surface area (Å²) in [6.07, 6.45) is 0.954. The van der Waals surface area contributed by atoms with Gasteiger partial charge < -0.3 is 14.5 Å². The molecule has 2 bridgehead atoms. The van der Waals surface area contributed by atoms with Crippen LogP contribution in [0.5, 0.6) is 5.75 Å². The third kappa shape index (κ3) is 3.60. The molecule has 0 spiro atoms. The zero-order valence-corrected chi connectivity index (χ0v) is 17.1. The van der Waals surface area contributed by atoms with Crippen molar-refractivity contribution in [3.05, 3.63) is 60.2 Å². The van der Waals surface area contributed by atoms with Crippen LogP contribution in [-0.2, 0) is 11.3 Å². The highest BCUT2D eigenvalue weighted by atomic mass is 16.5. The zero-order valence-electron chi connectivity index (χ0n) is 17.1. The summed E-state index contributed by atoms with van der Waals surface area (Å²) in [5, 5.41) is 0. The number of rotatable bonds is 5. The van der Waals surface area contributed by atoms with Crippen LogP contribution in [0.15, 0.2) is 54.6 Å². The van der Waals surface area contributed by atoms with Crippen LogP contribution in [0.25, 0.3) is 0 Å². The van der Waals surface area contributed by atoms with Gasteiger partial charge in [-0.15, -0.1) is 0 Å². The maximum atomic E-state index is 13.3. The van der Waals surface area contributed by atoms with E-state index in [0.29, 0.717) is 25.1 Å². The van der Waals surface area contributed by atoms with Gasteiger partial charge in [0.2, 0.25) is 5.91 Å². The Labute approximate surface area is 168 Å². The van der Waals surface area contributed by atoms with E-state index >= 15 is 0 Å². The molecular formula is C24H30N2O2. The molecule has 0 aliphatic carbocycles. The number of nitrogens with zero attached hydrogens (tertiary/aromatic N) is 2. The SMILES string of the molecule is CCOc1ccc(N2C[C@@H]3CC(C)(C)[C@H]2CN(Cc2ccccc2)C3=O)cc1. The van der Waals surface area contributed by atoms with Gasteiger partial charge in [0.05, 0.1) is 18.6 Å². The third-order valence-electron chi connectivity index (χ3n) is 6.22. The summed E-state index contributed by atoms with van der Waals surface area (Å²) in [5.41, 5.74) is 2.46. The molecule has 0 aromatic heterocycles. The summed E-state index contributed by atoms with van der Waals surface area (Å²) in [5.74, 6) is 1.24. The number of hydrogen-bond acceptors (Lipinski definition) is 3. The molecule has 0 saturated carbocycles. The maximum absolute atomic E-state index is 13.3. The van der Waals surface area contributed by atoms with Crippen molar-refractivity contribution in [2.45, 2.75) is 39.8 Å². The van der Waals surface area contributed by atoms with Crippen LogP contribution < -0.4 is 9.64 Å². The molecule has 3 fully saturated rings. The Bertz CT molecular complexity index is 816. The predicted octanol–water partition coefficient (Wildman–Crippen LogP) is 4.35. The van der Waals surface area contributed by atoms with Crippen molar-refractivity contribution < 1.29 is 9.53 Å². The molecule has 148 valence electrons. The van der Waals surface area contributed by atoms with Gasteiger partial charge in [0, 0.05) is 25.3 Å². The zero-order chi connectivity index (χ0) is 19.7. The summed E-state index contributed by atoms with van der Waals surface area (Å²) in [4.78, 5) is 17.8. The number of carbonyl (C=O) groups is 1. The van der Waals surface area contributed by atoms with Crippen LogP contribution in [-0.4, -0.2) is 36.5 Å². The second-order valence-electron chi connectivity index (χ2n) is 8.69. The van der Waals surface area contributed by atoms with E-state index < -0.39 is 0 Å². The fraction of sp³-hybridized carbons (Fsp3) is 0.458. The van der Waals surface area contributed by atoms with Crippen LogP contribution in [0.3, 0.4) is 0 Å². The average Bonchev–Trinajstić information content (AvgIpc) is 2.87. The highest BCUT2D eigenvalue weighted by Gasteiger charge is 2.49. The Balaban J connectivity index is 1.62. The van der Waals surface area contributed by atoms with Crippen molar-refractivity contribution in [3.8, 4) is 5.75 Å². The number of amides is 1. The van der Waals surface area contributed by atoms with E-state index in [-0.39, 0.29) is 11.3 Å². The molecule has 3 heterocycles. The number of fused-ring (bicyclic) bond motifs is 4. The Hall–Kier alpha value is -2.49. The highest BCUT2D eigenvalue weighted by Crippen LogP contribution is 2.44. The van der Waals surface area contributed by atoms with E-state index in [1.807, 2.05) is 37.3 Å². The standard InChI is InChI=1S/C24H30N2O2/c1-4-28-21-12-10-20(11-13-21)26-16-19-14-24(2,3)22(26)17-25(23(19)27)15-18-8-6-5-7-9-18/h5-13,19,22H,4,14-17H2,1-3H3/t19-,22+/m0/s1. The molecule has 2 aromatic carbocycles. The normalized spacial score (nSPS) is 23.6. The maximum Gasteiger partial charge on any atom is 0.227 e. The second kappa shape index (κ2) is 7.50. The van der Waals surface area contributed by atoms with E-state index in [4.69, 9.17) is 4.74 Å². The van der Waals surface area contributed by atoms with Gasteiger partial charge in [-0.05, 0) is 48.6 Å². The van der Waals surface area contributed by atoms with E-state index in [1.54, 1.807) is 0 Å². The Morgan fingerprint density at radius 2 is 1.75 bits per heavy atom. The minimum Gasteiger partial charge on any atom is -0.494 e. The van der Waals surface area contributed by atoms with Crippen LogP contribution in [0.2, 0.25) is 0 Å². The summed E-state index contributed by atoms with van der Waals surface area (Å²) < 4.78 is 5.60. The Kier molecular flexibility index (Phi) is 5.05. The summed E-state index contributed by atoms with van der Waals surface area (Å²) in [6, 6.07) is 19.0. The van der Waals surface area contributed by atoms with Gasteiger partial charge in [0.15, 0.2) is 0 Å². The number of piperidine rings is 1.